The highest BCUT2D eigenvalue weighted by Crippen LogP contribution is 2.28. The summed E-state index contributed by atoms with van der Waals surface area (Å²) in [5.41, 5.74) is 3.85. The summed E-state index contributed by atoms with van der Waals surface area (Å²) < 4.78 is 64.9. The number of nitro groups is 1. The fourth-order valence-corrected chi connectivity index (χ4v) is 9.35. The Hall–Kier alpha value is -6.12. The summed E-state index contributed by atoms with van der Waals surface area (Å²) in [5.74, 6) is 3.26. The first-order chi connectivity index (χ1) is 35.5. The predicted octanol–water partition coefficient (Wildman–Crippen LogP) is 7.68. The number of primary sulfonamides is 1. The molecular weight excluding hydrogens is 1030 g/mol. The smallest absolute Gasteiger partial charge is 0.376 e. The number of aromatic nitrogens is 4. The lowest BCUT2D eigenvalue weighted by atomic mass is 9.80. The van der Waals surface area contributed by atoms with Crippen LogP contribution in [0.3, 0.4) is 0 Å². The lowest BCUT2D eigenvalue weighted by Gasteiger charge is -2.32. The normalized spacial score (nSPS) is 14.3. The summed E-state index contributed by atoms with van der Waals surface area (Å²) >= 11 is 5.76. The van der Waals surface area contributed by atoms with Gasteiger partial charge in [0, 0.05) is 28.6 Å². The number of nitrogens with two attached hydrogens (primary N) is 1. The molecule has 21 nitrogen and oxygen atoms in total. The van der Waals surface area contributed by atoms with Gasteiger partial charge in [0.15, 0.2) is 5.78 Å². The van der Waals surface area contributed by atoms with Gasteiger partial charge in [-0.3, -0.25) is 19.1 Å². The Kier molecular flexibility index (Phi) is 22.4. The Morgan fingerprint density at radius 2 is 1.37 bits per heavy atom. The summed E-state index contributed by atoms with van der Waals surface area (Å²) in [6, 6.07) is 21.8. The first-order valence-electron chi connectivity index (χ1n) is 24.1. The van der Waals surface area contributed by atoms with Crippen molar-refractivity contribution in [1.29, 1.82) is 0 Å². The quantitative estimate of drug-likeness (QED) is 0.0180. The van der Waals surface area contributed by atoms with Gasteiger partial charge >= 0.3 is 7.05 Å². The van der Waals surface area contributed by atoms with Crippen molar-refractivity contribution in [2.75, 3.05) is 65.2 Å². The lowest BCUT2D eigenvalue weighted by molar-refractivity contribution is -0.385. The monoisotopic (exact) mass is 1090 g/mol. The van der Waals surface area contributed by atoms with E-state index in [1.165, 1.54) is 57.2 Å². The average molecular weight is 1090 g/mol. The van der Waals surface area contributed by atoms with Crippen LogP contribution in [-0.4, -0.2) is 124 Å². The zero-order chi connectivity index (χ0) is 54.9. The molecule has 2 aliphatic rings. The number of ketones is 1. The maximum absolute atomic E-state index is 11.4. The molecule has 0 saturated carbocycles. The van der Waals surface area contributed by atoms with E-state index in [0.29, 0.717) is 29.9 Å². The van der Waals surface area contributed by atoms with Gasteiger partial charge in [-0.2, -0.15) is 8.42 Å². The number of piperidine rings is 2. The van der Waals surface area contributed by atoms with Crippen LogP contribution in [0.1, 0.15) is 67.2 Å². The summed E-state index contributed by atoms with van der Waals surface area (Å²) in [7, 11) is -4.37. The second-order valence-electron chi connectivity index (χ2n) is 17.9. The number of hydrogen-bond donors (Lipinski definition) is 4. The zero-order valence-electron chi connectivity index (χ0n) is 43.1. The number of carbonyl (C=O) groups excluding carboxylic acids is 1. The van der Waals surface area contributed by atoms with Gasteiger partial charge in [-0.15, -0.1) is 0 Å². The minimum Gasteiger partial charge on any atom is -0.497 e. The number of rotatable bonds is 16. The molecule has 0 amide bonds. The number of aryl methyl sites for hydroxylation is 2. The third kappa shape index (κ3) is 19.2. The first-order valence-corrected chi connectivity index (χ1v) is 27.9. The van der Waals surface area contributed by atoms with E-state index in [-0.39, 0.29) is 40.9 Å². The molecule has 0 aliphatic carbocycles. The molecule has 25 heteroatoms. The molecule has 404 valence electrons. The van der Waals surface area contributed by atoms with E-state index in [1.54, 1.807) is 26.1 Å². The summed E-state index contributed by atoms with van der Waals surface area (Å²) in [5, 5.41) is 33.8. The predicted molar refractivity (Wildman–Crippen MR) is 290 cm³/mol. The van der Waals surface area contributed by atoms with Crippen molar-refractivity contribution < 1.29 is 50.0 Å². The maximum atomic E-state index is 11.4. The number of halogens is 1. The van der Waals surface area contributed by atoms with Gasteiger partial charge in [0.2, 0.25) is 21.3 Å². The molecule has 2 fully saturated rings. The van der Waals surface area contributed by atoms with Gasteiger partial charge in [0.1, 0.15) is 17.2 Å². The van der Waals surface area contributed by atoms with Crippen LogP contribution in [0.15, 0.2) is 83.8 Å². The number of sulfonamides is 1. The topological polar surface area (TPSA) is 291 Å². The minimum atomic E-state index is -3.72. The van der Waals surface area contributed by atoms with Crippen LogP contribution < -0.4 is 30.0 Å². The molecule has 0 radical (unpaired) electrons. The van der Waals surface area contributed by atoms with E-state index in [1.807, 2.05) is 55.1 Å². The van der Waals surface area contributed by atoms with Gasteiger partial charge in [-0.25, -0.2) is 33.5 Å². The van der Waals surface area contributed by atoms with Crippen LogP contribution in [0.4, 0.5) is 17.3 Å². The number of ether oxygens (including phenoxy) is 3. The zero-order valence-corrected chi connectivity index (χ0v) is 45.5. The Labute approximate surface area is 443 Å². The minimum absolute atomic E-state index is 0.0555. The molecule has 0 bridgehead atoms. The molecule has 5 N–H and O–H groups in total. The molecule has 0 spiro atoms. The highest BCUT2D eigenvalue weighted by molar-refractivity contribution is 7.89. The SMILES string of the molecule is CB(O)N1CCC(CCOS(C)(=O)=O)CC1.COc1ccc(C(C)=O)c([N+](=O)[O-])c1.COc1ccc2c(C)nc(Cl)nc2c1.Cc1nc(Nc2ccc(S(N)(=O)=O)cc2)nc2cc(OCCC3CCNCC3)ccc12. The number of nitro benzene ring substituents is 1. The summed E-state index contributed by atoms with van der Waals surface area (Å²) in [6.45, 7) is 11.8. The van der Waals surface area contributed by atoms with Crippen molar-refractivity contribution in [2.45, 2.75) is 71.0 Å². The molecule has 0 atom stereocenters. The Morgan fingerprint density at radius 3 is 1.95 bits per heavy atom. The van der Waals surface area contributed by atoms with E-state index in [2.05, 4.69) is 30.6 Å². The van der Waals surface area contributed by atoms with Gasteiger partial charge in [0.05, 0.1) is 77.6 Å². The number of hydrogen-bond acceptors (Lipinski definition) is 19. The molecule has 0 unspecified atom stereocenters. The van der Waals surface area contributed by atoms with Crippen molar-refractivity contribution >= 4 is 83.7 Å². The first kappa shape index (κ1) is 59.8. The van der Waals surface area contributed by atoms with Gasteiger partial charge in [0.25, 0.3) is 15.8 Å². The van der Waals surface area contributed by atoms with Crippen LogP contribution in [-0.2, 0) is 24.3 Å². The van der Waals surface area contributed by atoms with Crippen molar-refractivity contribution in [1.82, 2.24) is 30.1 Å². The van der Waals surface area contributed by atoms with E-state index >= 15 is 0 Å². The van der Waals surface area contributed by atoms with Gasteiger partial charge < -0.3 is 34.7 Å². The largest absolute Gasteiger partial charge is 0.497 e. The van der Waals surface area contributed by atoms with Crippen LogP contribution in [0.25, 0.3) is 21.8 Å². The number of nitrogens with one attached hydrogen (secondary N) is 2. The fourth-order valence-electron chi connectivity index (χ4n) is 8.21. The Morgan fingerprint density at radius 1 is 0.827 bits per heavy atom. The highest BCUT2D eigenvalue weighted by Gasteiger charge is 2.24. The molecule has 75 heavy (non-hydrogen) atoms. The summed E-state index contributed by atoms with van der Waals surface area (Å²) in [6.07, 6.45) is 7.32. The number of benzene rings is 4. The molecule has 4 aromatic carbocycles. The molecule has 4 heterocycles. The van der Waals surface area contributed by atoms with Crippen LogP contribution in [0.5, 0.6) is 17.2 Å². The summed E-state index contributed by atoms with van der Waals surface area (Å²) in [4.78, 5) is 40.4. The van der Waals surface area contributed by atoms with Gasteiger partial charge in [-0.1, -0.05) is 0 Å². The van der Waals surface area contributed by atoms with E-state index in [4.69, 9.17) is 35.1 Å². The Bertz CT molecular complexity index is 3110. The third-order valence-electron chi connectivity index (χ3n) is 12.4. The van der Waals surface area contributed by atoms with Crippen LogP contribution in [0.2, 0.25) is 12.1 Å². The second-order valence-corrected chi connectivity index (χ2v) is 21.5. The van der Waals surface area contributed by atoms with E-state index in [9.17, 15) is 36.8 Å². The van der Waals surface area contributed by atoms with Crippen LogP contribution in [0, 0.1) is 35.8 Å². The number of Topliss-reactive ketones (excluding diaryl/α,β-unsaturated/α-hetero) is 1. The third-order valence-corrected chi connectivity index (χ3v) is 14.1. The average Bonchev–Trinajstić information content (AvgIpc) is 3.36. The Balaban J connectivity index is 0.000000200. The number of anilines is 2. The molecule has 2 saturated heterocycles. The van der Waals surface area contributed by atoms with E-state index in [0.717, 1.165) is 109 Å². The molecule has 8 rings (SSSR count). The molecule has 2 aromatic heterocycles. The number of nitrogens with zero attached hydrogens (tertiary/aromatic N) is 6. The number of fused-ring (bicyclic) bond motifs is 2. The van der Waals surface area contributed by atoms with Crippen molar-refractivity contribution in [2.24, 2.45) is 17.0 Å². The lowest BCUT2D eigenvalue weighted by Crippen LogP contribution is -2.43. The standard InChI is InChI=1S/C22H27N5O3S.C10H9ClN2O.C9H20BNO4S.C9H9NO4/c1-15-20-7-4-18(30-13-10-16-8-11-24-12-9-16)14-21(20)27-22(25-15)26-17-2-5-19(6-3-17)31(23,28)29;1-6-8-4-3-7(14-2)5-9(8)13-10(11)12-6;1-10(12)11-6-3-9(4-7-11)5-8-15-16(2,13)14;1-6(11)8-4-3-7(14-2)5-9(8)10(12)13/h2-7,14,16,24H,8-13H2,1H3,(H2,23,28,29)(H,25,26,27);3-5H,1-2H3;9,12H,3-8H2,1-2H3;3-5H,1-2H3. The maximum Gasteiger partial charge on any atom is 0.376 e. The second kappa shape index (κ2) is 28.1. The number of methoxy groups -OCH3 is 2. The van der Waals surface area contributed by atoms with Crippen molar-refractivity contribution in [3.05, 3.63) is 111 Å². The van der Waals surface area contributed by atoms with Gasteiger partial charge in [-0.05, 0) is 176 Å². The fraction of sp³-hybridized carbons (Fsp3) is 0.420. The molecular formula is C50H65BClN9O12S2. The van der Waals surface area contributed by atoms with Crippen molar-refractivity contribution in [3.8, 4) is 17.2 Å². The number of carbonyl (C=O) groups is 1. The van der Waals surface area contributed by atoms with Crippen molar-refractivity contribution in [3.63, 3.8) is 0 Å². The van der Waals surface area contributed by atoms with E-state index < -0.39 is 25.1 Å². The molecule has 6 aromatic rings. The van der Waals surface area contributed by atoms with Crippen LogP contribution >= 0.6 is 11.6 Å². The highest BCUT2D eigenvalue weighted by atomic mass is 35.5. The molecule has 2 aliphatic heterocycles.